The zero-order chi connectivity index (χ0) is 90.0. The maximum absolute atomic E-state index is 14.3. The molecule has 35 heteroatoms. The summed E-state index contributed by atoms with van der Waals surface area (Å²) >= 11 is 0. The van der Waals surface area contributed by atoms with Crippen LogP contribution in [-0.2, 0) is 33.2 Å². The van der Waals surface area contributed by atoms with Gasteiger partial charge in [-0.1, -0.05) is 96.9 Å². The van der Waals surface area contributed by atoms with E-state index in [0.29, 0.717) is 87.7 Å². The monoisotopic (exact) mass is 2060 g/mol. The minimum atomic E-state index is -0.845. The number of rotatable bonds is 0. The Balaban J connectivity index is 0.000000803. The molecule has 7 saturated heterocycles. The molecule has 0 aromatic carbocycles. The van der Waals surface area contributed by atoms with Gasteiger partial charge in [0, 0.05) is 41.4 Å². The van der Waals surface area contributed by atoms with Crippen molar-refractivity contribution >= 4 is 0 Å². The Morgan fingerprint density at radius 3 is 0.279 bits per heavy atom. The second-order valence-corrected chi connectivity index (χ2v) is 47.5. The first kappa shape index (κ1) is 136. The van der Waals surface area contributed by atoms with Gasteiger partial charge in [-0.3, -0.25) is 0 Å². The van der Waals surface area contributed by atoms with E-state index < -0.39 is 86.4 Å². The Morgan fingerprint density at radius 2 is 0.186 bits per heavy atom. The Morgan fingerprint density at radius 1 is 0.107 bits per heavy atom. The Kier molecular flexibility index (Phi) is 57.1. The predicted octanol–water partition coefficient (Wildman–Crippen LogP) is 14.8. The van der Waals surface area contributed by atoms with E-state index in [1.807, 2.05) is 96.9 Å². The molecule has 21 nitrogen and oxygen atoms in total. The molecule has 28 N–H and O–H groups in total. The molecule has 0 spiro atoms. The van der Waals surface area contributed by atoms with E-state index in [-0.39, 0.29) is 285 Å². The lowest BCUT2D eigenvalue weighted by Crippen LogP contribution is -2.55. The van der Waals surface area contributed by atoms with Crippen molar-refractivity contribution in [3.63, 3.8) is 0 Å². The van der Waals surface area contributed by atoms with Crippen LogP contribution >= 0.6 is 0 Å². The molecule has 0 aromatic rings. The van der Waals surface area contributed by atoms with Crippen molar-refractivity contribution in [1.82, 2.24) is 0 Å². The van der Waals surface area contributed by atoms with Gasteiger partial charge in [-0.2, -0.15) is 0 Å². The normalized spacial score (nSPS) is 51.0. The van der Waals surface area contributed by atoms with Crippen LogP contribution in [0.4, 0.5) is 61.5 Å². The minimum absolute atomic E-state index is 0. The number of hydrogen-bond donors (Lipinski definition) is 0. The summed E-state index contributed by atoms with van der Waals surface area (Å²) in [6.45, 7) is 30.8. The van der Waals surface area contributed by atoms with Crippen LogP contribution in [-0.4, -0.2) is 252 Å². The minimum Gasteiger partial charge on any atom is -0.412 e. The number of ether oxygens (including phenoxy) is 7. The molecular formula is C105H196F14O21. The van der Waals surface area contributed by atoms with Gasteiger partial charge >= 0.3 is 0 Å². The lowest BCUT2D eigenvalue weighted by atomic mass is 9.61. The predicted molar refractivity (Wildman–Crippen MR) is 518 cm³/mol. The third kappa shape index (κ3) is 27.8. The van der Waals surface area contributed by atoms with E-state index >= 15 is 0 Å². The van der Waals surface area contributed by atoms with Crippen LogP contribution in [0.25, 0.3) is 0 Å². The Labute approximate surface area is 826 Å². The quantitative estimate of drug-likeness (QED) is 0.211. The zero-order valence-corrected chi connectivity index (χ0v) is 86.2. The van der Waals surface area contributed by atoms with Crippen molar-refractivity contribution in [1.29, 1.82) is 0 Å². The van der Waals surface area contributed by atoms with Crippen molar-refractivity contribution in [2.75, 3.05) is 46.2 Å². The van der Waals surface area contributed by atoms with Gasteiger partial charge in [0.25, 0.3) is 0 Å². The molecule has 14 saturated carbocycles. The van der Waals surface area contributed by atoms with Gasteiger partial charge in [0.15, 0.2) is 0 Å². The van der Waals surface area contributed by atoms with E-state index in [9.17, 15) is 61.5 Å². The van der Waals surface area contributed by atoms with Crippen LogP contribution in [0.15, 0.2) is 0 Å². The number of halogens is 14. The first-order valence-electron chi connectivity index (χ1n) is 52.4. The smallest absolute Gasteiger partial charge is 0.129 e. The second kappa shape index (κ2) is 58.7. The summed E-state index contributed by atoms with van der Waals surface area (Å²) in [4.78, 5) is 0. The topological polar surface area (TPSA) is 506 Å². The van der Waals surface area contributed by atoms with Crippen LogP contribution in [0.2, 0.25) is 0 Å². The van der Waals surface area contributed by atoms with Crippen molar-refractivity contribution in [3.05, 3.63) is 0 Å². The van der Waals surface area contributed by atoms with Crippen LogP contribution < -0.4 is 0 Å². The lowest BCUT2D eigenvalue weighted by Gasteiger charge is -2.51. The molecule has 56 atom stereocenters. The average Bonchev–Trinajstić information content (AvgIpc) is 0.797. The molecule has 21 aliphatic rings. The van der Waals surface area contributed by atoms with E-state index in [1.165, 1.54) is 0 Å². The summed E-state index contributed by atoms with van der Waals surface area (Å²) in [7, 11) is 0. The van der Waals surface area contributed by atoms with E-state index in [4.69, 9.17) is 33.2 Å². The van der Waals surface area contributed by atoms with Crippen molar-refractivity contribution in [2.24, 2.45) is 207 Å². The van der Waals surface area contributed by atoms with E-state index in [2.05, 4.69) is 0 Å². The van der Waals surface area contributed by atoms with E-state index in [0.717, 1.165) is 180 Å². The second-order valence-electron chi connectivity index (χ2n) is 47.5. The molecule has 140 heavy (non-hydrogen) atoms. The molecule has 7 heterocycles. The van der Waals surface area contributed by atoms with Gasteiger partial charge in [-0.05, 0) is 345 Å². The fraction of sp³-hybridized carbons (Fsp3) is 1.00. The fourth-order valence-electron chi connectivity index (χ4n) is 31.3. The van der Waals surface area contributed by atoms with Gasteiger partial charge in [0.2, 0.25) is 0 Å². The average molecular weight is 2060 g/mol. The van der Waals surface area contributed by atoms with Crippen molar-refractivity contribution in [2.45, 2.75) is 406 Å². The SMILES string of the molecule is CC1CCC2C(COC3C(F)C(C)CCC23)C1F.CC1CCC2C(COC3C(F)C(C)CCC23)C1F.CC1CCC2C(COC3C(F)C(C)CCC23)C1F.CC1CCC2C(COC3C(F)C(C)CCC23)C1F.CC1CCC2C(COC3C(F)C(C)CCC23)C1F.CC1CCC2C(COC3C(F)C(C)CCC23)C1F.CC1CCC2C(COC3C(F)C(C)CCC23)C1F.O.O.O.O.O.O.O.O.O.O.O.O.O.O. The maximum Gasteiger partial charge on any atom is 0.129 e. The third-order valence-electron chi connectivity index (χ3n) is 40.1. The molecule has 840 valence electrons. The molecule has 0 amide bonds. The molecule has 21 rings (SSSR count). The summed E-state index contributed by atoms with van der Waals surface area (Å²) in [5, 5.41) is 0. The highest BCUT2D eigenvalue weighted by Gasteiger charge is 2.60. The standard InChI is InChI=1S/7C15H24F2O.14H2O/c7*1-8-3-5-10-11-6-4-9(2)14(17)15(11)18-7-12(10)13(8)16;;;;;;;;;;;;;;/h7*8-15H,3-7H2,1-2H3;14*1H2. The summed E-state index contributed by atoms with van der Waals surface area (Å²) in [6.07, 6.45) is 14.9. The summed E-state index contributed by atoms with van der Waals surface area (Å²) in [6, 6.07) is 0. The van der Waals surface area contributed by atoms with Crippen LogP contribution in [0, 0.1) is 207 Å². The van der Waals surface area contributed by atoms with Gasteiger partial charge in [0.05, 0.1) is 89.0 Å². The highest BCUT2D eigenvalue weighted by Crippen LogP contribution is 2.59. The highest BCUT2D eigenvalue weighted by atomic mass is 19.2. The number of hydrogen-bond acceptors (Lipinski definition) is 7. The van der Waals surface area contributed by atoms with Gasteiger partial charge in [0.1, 0.15) is 86.4 Å². The molecule has 56 unspecified atom stereocenters. The Bertz CT molecular complexity index is 2590. The van der Waals surface area contributed by atoms with Crippen LogP contribution in [0.3, 0.4) is 0 Å². The van der Waals surface area contributed by atoms with Crippen molar-refractivity contribution < 1.29 is 171 Å². The van der Waals surface area contributed by atoms with Crippen LogP contribution in [0.1, 0.15) is 277 Å². The molecule has 21 fully saturated rings. The van der Waals surface area contributed by atoms with Gasteiger partial charge in [-0.25, -0.2) is 61.5 Å². The third-order valence-corrected chi connectivity index (χ3v) is 40.1. The van der Waals surface area contributed by atoms with Gasteiger partial charge < -0.3 is 110 Å². The van der Waals surface area contributed by atoms with Crippen molar-refractivity contribution in [3.8, 4) is 0 Å². The fourth-order valence-corrected chi connectivity index (χ4v) is 31.3. The number of fused-ring (bicyclic) bond motifs is 21. The Hall–Kier alpha value is -1.82. The zero-order valence-electron chi connectivity index (χ0n) is 86.2. The molecule has 0 aromatic heterocycles. The lowest BCUT2D eigenvalue weighted by molar-refractivity contribution is -0.177. The largest absolute Gasteiger partial charge is 0.412 e. The number of alkyl halides is 14. The summed E-state index contributed by atoms with van der Waals surface area (Å²) in [5.74, 6) is 6.31. The van der Waals surface area contributed by atoms with E-state index in [1.54, 1.807) is 0 Å². The van der Waals surface area contributed by atoms with Crippen LogP contribution in [0.5, 0.6) is 0 Å². The molecule has 7 aliphatic heterocycles. The first-order valence-corrected chi connectivity index (χ1v) is 52.4. The molecular weight excluding hydrogens is 1860 g/mol. The molecule has 0 radical (unpaired) electrons. The molecule has 0 bridgehead atoms. The first-order chi connectivity index (χ1) is 60.1. The highest BCUT2D eigenvalue weighted by molar-refractivity contribution is 5.08. The summed E-state index contributed by atoms with van der Waals surface area (Å²) in [5.41, 5.74) is 0. The summed E-state index contributed by atoms with van der Waals surface area (Å²) < 4.78 is 240. The van der Waals surface area contributed by atoms with Gasteiger partial charge in [-0.15, -0.1) is 0 Å². The maximum atomic E-state index is 14.3. The molecule has 14 aliphatic carbocycles.